The van der Waals surface area contributed by atoms with E-state index in [0.29, 0.717) is 23.4 Å². The summed E-state index contributed by atoms with van der Waals surface area (Å²) in [6.07, 6.45) is 8.10. The van der Waals surface area contributed by atoms with Crippen LogP contribution in [0.15, 0.2) is 35.2 Å². The van der Waals surface area contributed by atoms with E-state index in [1.165, 1.54) is 11.1 Å². The van der Waals surface area contributed by atoms with Crippen LogP contribution >= 0.6 is 11.6 Å². The molecule has 2 aliphatic carbocycles. The summed E-state index contributed by atoms with van der Waals surface area (Å²) in [6.45, 7) is 1.89. The van der Waals surface area contributed by atoms with Gasteiger partial charge in [-0.15, -0.1) is 0 Å². The Bertz CT molecular complexity index is 1130. The molecule has 8 heteroatoms. The molecule has 0 radical (unpaired) electrons. The highest BCUT2D eigenvalue weighted by Crippen LogP contribution is 2.43. The first-order valence-electron chi connectivity index (χ1n) is 11.9. The zero-order valence-electron chi connectivity index (χ0n) is 18.6. The smallest absolute Gasteiger partial charge is 0.227 e. The van der Waals surface area contributed by atoms with E-state index >= 15 is 0 Å². The molecule has 4 aliphatic rings. The van der Waals surface area contributed by atoms with Crippen LogP contribution in [-0.4, -0.2) is 50.3 Å². The third-order valence-electron chi connectivity index (χ3n) is 7.78. The second-order valence-corrected chi connectivity index (χ2v) is 11.9. The lowest BCUT2D eigenvalue weighted by Gasteiger charge is -2.42. The minimum Gasteiger partial charge on any atom is -0.394 e. The predicted octanol–water partition coefficient (Wildman–Crippen LogP) is 4.05. The Kier molecular flexibility index (Phi) is 5.46. The van der Waals surface area contributed by atoms with Gasteiger partial charge in [-0.1, -0.05) is 29.8 Å². The van der Waals surface area contributed by atoms with Crippen molar-refractivity contribution in [2.24, 2.45) is 11.8 Å². The summed E-state index contributed by atoms with van der Waals surface area (Å²) in [7, 11) is -1.09. The topological polar surface area (TPSA) is 78.4 Å². The van der Waals surface area contributed by atoms with Crippen LogP contribution in [0.1, 0.15) is 43.4 Å². The third-order valence-corrected chi connectivity index (χ3v) is 9.57. The molecule has 0 spiro atoms. The van der Waals surface area contributed by atoms with Gasteiger partial charge in [-0.3, -0.25) is 4.21 Å². The van der Waals surface area contributed by atoms with Crippen LogP contribution in [0.3, 0.4) is 0 Å². The monoisotopic (exact) mass is 484 g/mol. The van der Waals surface area contributed by atoms with E-state index in [-0.39, 0.29) is 12.1 Å². The predicted molar refractivity (Wildman–Crippen MR) is 132 cm³/mol. The number of fused-ring (bicyclic) bond motifs is 2. The molecule has 1 saturated heterocycles. The van der Waals surface area contributed by atoms with Gasteiger partial charge in [-0.05, 0) is 73.6 Å². The molecular weight excluding hydrogens is 456 g/mol. The Balaban J connectivity index is 1.27. The second-order valence-electron chi connectivity index (χ2n) is 9.95. The van der Waals surface area contributed by atoms with Crippen molar-refractivity contribution in [1.29, 1.82) is 0 Å². The number of nitrogens with one attached hydrogen (secondary N) is 1. The van der Waals surface area contributed by atoms with E-state index in [9.17, 15) is 9.32 Å². The summed E-state index contributed by atoms with van der Waals surface area (Å²) < 4.78 is 12.9. The number of aryl methyl sites for hydroxylation is 1. The SMILES string of the molecule is O=[S@@]1CCCc2nc(N3C[C@H]4CC(c5ccc(Cl)cc5)=C[C@H]4C3)nc(NC3(CO)CCC3)c21. The van der Waals surface area contributed by atoms with Gasteiger partial charge in [0.1, 0.15) is 10.7 Å². The van der Waals surface area contributed by atoms with E-state index in [1.807, 2.05) is 12.1 Å². The first-order valence-corrected chi connectivity index (χ1v) is 13.6. The molecule has 0 amide bonds. The average molecular weight is 485 g/mol. The molecule has 1 aromatic carbocycles. The number of hydrogen-bond acceptors (Lipinski definition) is 6. The highest BCUT2D eigenvalue weighted by Gasteiger charge is 2.40. The van der Waals surface area contributed by atoms with Crippen molar-refractivity contribution in [3.05, 3.63) is 46.6 Å². The summed E-state index contributed by atoms with van der Waals surface area (Å²) in [6, 6.07) is 8.13. The third kappa shape index (κ3) is 3.88. The minimum absolute atomic E-state index is 0.0693. The number of halogens is 1. The minimum atomic E-state index is -1.09. The molecule has 1 aromatic heterocycles. The van der Waals surface area contributed by atoms with Gasteiger partial charge in [-0.2, -0.15) is 4.98 Å². The second kappa shape index (κ2) is 8.36. The number of rotatable bonds is 5. The molecule has 2 fully saturated rings. The fourth-order valence-electron chi connectivity index (χ4n) is 5.72. The maximum Gasteiger partial charge on any atom is 0.227 e. The van der Waals surface area contributed by atoms with Crippen molar-refractivity contribution in [3.63, 3.8) is 0 Å². The maximum atomic E-state index is 12.9. The molecule has 2 N–H and O–H groups in total. The number of aliphatic hydroxyl groups excluding tert-OH is 1. The van der Waals surface area contributed by atoms with E-state index in [1.54, 1.807) is 0 Å². The van der Waals surface area contributed by atoms with E-state index < -0.39 is 10.8 Å². The Hall–Kier alpha value is -1.96. The standard InChI is InChI=1S/C25H29ClN4O2S/c26-20-6-4-16(5-7-20)17-11-18-13-30(14-19(18)12-17)24-27-21-3-1-10-33(32)22(21)23(28-24)29-25(15-31)8-2-9-25/h4-7,11,18-19,31H,1-3,8-10,12-15H2,(H,27,28,29)/t18-,19+,33+/m0/s1. The van der Waals surface area contributed by atoms with Crippen LogP contribution in [-0.2, 0) is 17.2 Å². The zero-order chi connectivity index (χ0) is 22.6. The molecule has 3 heterocycles. The largest absolute Gasteiger partial charge is 0.394 e. The van der Waals surface area contributed by atoms with Gasteiger partial charge >= 0.3 is 0 Å². The van der Waals surface area contributed by atoms with Gasteiger partial charge < -0.3 is 15.3 Å². The molecule has 2 aliphatic heterocycles. The lowest BCUT2D eigenvalue weighted by atomic mass is 9.77. The number of aliphatic hydroxyl groups is 1. The quantitative estimate of drug-likeness (QED) is 0.666. The first kappa shape index (κ1) is 21.6. The van der Waals surface area contributed by atoms with Crippen LogP contribution in [0.2, 0.25) is 5.02 Å². The van der Waals surface area contributed by atoms with Gasteiger partial charge in [0.15, 0.2) is 0 Å². The number of aromatic nitrogens is 2. The van der Waals surface area contributed by atoms with Gasteiger partial charge in [0.25, 0.3) is 0 Å². The van der Waals surface area contributed by atoms with E-state index in [2.05, 4.69) is 28.4 Å². The van der Waals surface area contributed by atoms with Gasteiger partial charge in [-0.25, -0.2) is 4.98 Å². The van der Waals surface area contributed by atoms with Crippen LogP contribution in [0.5, 0.6) is 0 Å². The molecule has 6 nitrogen and oxygen atoms in total. The van der Waals surface area contributed by atoms with Gasteiger partial charge in [0, 0.05) is 23.9 Å². The Morgan fingerprint density at radius 2 is 2.00 bits per heavy atom. The summed E-state index contributed by atoms with van der Waals surface area (Å²) in [5.74, 6) is 3.10. The first-order chi connectivity index (χ1) is 16.0. The molecule has 33 heavy (non-hydrogen) atoms. The molecule has 3 atom stereocenters. The molecule has 174 valence electrons. The number of nitrogens with zero attached hydrogens (tertiary/aromatic N) is 3. The molecule has 0 bridgehead atoms. The number of hydrogen-bond donors (Lipinski definition) is 2. The van der Waals surface area contributed by atoms with Gasteiger partial charge in [0.2, 0.25) is 5.95 Å². The fraction of sp³-hybridized carbons (Fsp3) is 0.520. The Labute approximate surface area is 201 Å². The number of anilines is 2. The van der Waals surface area contributed by atoms with Crippen LogP contribution in [0.25, 0.3) is 5.57 Å². The summed E-state index contributed by atoms with van der Waals surface area (Å²) in [5, 5.41) is 14.3. The summed E-state index contributed by atoms with van der Waals surface area (Å²) in [4.78, 5) is 12.9. The van der Waals surface area contributed by atoms with Crippen LogP contribution in [0, 0.1) is 11.8 Å². The average Bonchev–Trinajstić information content (AvgIpc) is 3.36. The molecular formula is C25H29ClN4O2S. The van der Waals surface area contributed by atoms with Crippen molar-refractivity contribution in [3.8, 4) is 0 Å². The summed E-state index contributed by atoms with van der Waals surface area (Å²) in [5.41, 5.74) is 3.24. The lowest BCUT2D eigenvalue weighted by Crippen LogP contribution is -2.49. The van der Waals surface area contributed by atoms with Crippen LogP contribution in [0.4, 0.5) is 11.8 Å². The molecule has 6 rings (SSSR count). The molecule has 2 aromatic rings. The van der Waals surface area contributed by atoms with Crippen molar-refractivity contribution in [2.75, 3.05) is 35.7 Å². The lowest BCUT2D eigenvalue weighted by molar-refractivity contribution is 0.143. The number of allylic oxidation sites excluding steroid dienone is 1. The Morgan fingerprint density at radius 1 is 1.18 bits per heavy atom. The van der Waals surface area contributed by atoms with E-state index in [4.69, 9.17) is 21.6 Å². The van der Waals surface area contributed by atoms with Crippen molar-refractivity contribution < 1.29 is 9.32 Å². The molecule has 1 saturated carbocycles. The van der Waals surface area contributed by atoms with Crippen molar-refractivity contribution >= 4 is 39.7 Å². The maximum absolute atomic E-state index is 12.9. The molecule has 0 unspecified atom stereocenters. The van der Waals surface area contributed by atoms with E-state index in [0.717, 1.165) is 73.2 Å². The van der Waals surface area contributed by atoms with Crippen molar-refractivity contribution in [2.45, 2.75) is 49.0 Å². The zero-order valence-corrected chi connectivity index (χ0v) is 20.2. The number of benzene rings is 1. The van der Waals surface area contributed by atoms with Gasteiger partial charge in [0.05, 0.1) is 28.6 Å². The fourth-order valence-corrected chi connectivity index (χ4v) is 7.18. The Morgan fingerprint density at radius 3 is 2.70 bits per heavy atom. The van der Waals surface area contributed by atoms with Crippen LogP contribution < -0.4 is 10.2 Å². The highest BCUT2D eigenvalue weighted by molar-refractivity contribution is 7.85. The normalized spacial score (nSPS) is 27.5. The summed E-state index contributed by atoms with van der Waals surface area (Å²) >= 11 is 6.06. The van der Waals surface area contributed by atoms with Crippen molar-refractivity contribution in [1.82, 2.24) is 9.97 Å². The highest BCUT2D eigenvalue weighted by atomic mass is 35.5.